The van der Waals surface area contributed by atoms with Gasteiger partial charge >= 0.3 is 0 Å². The van der Waals surface area contributed by atoms with Crippen molar-refractivity contribution in [1.82, 2.24) is 4.91 Å². The largest absolute Gasteiger partial charge is 0.211 e. The maximum absolute atomic E-state index is 5.50. The third kappa shape index (κ3) is 62.9. The molecule has 0 amide bonds. The normalized spacial score (nSPS) is 2.00. The van der Waals surface area contributed by atoms with Gasteiger partial charge in [-0.1, -0.05) is 0 Å². The molecular formula is H2CdN3+. The molecule has 3 nitrogen and oxygen atoms in total. The minimum Gasteiger partial charge on any atom is 0 e. The Morgan fingerprint density at radius 3 is 1.25 bits per heavy atom. The summed E-state index contributed by atoms with van der Waals surface area (Å²) in [4.78, 5) is 2.00. The number of nitrogens with one attached hydrogen (secondary N) is 2. The van der Waals surface area contributed by atoms with E-state index < -0.39 is 0 Å². The van der Waals surface area contributed by atoms with Crippen molar-refractivity contribution < 1.29 is 27.3 Å². The van der Waals surface area contributed by atoms with Crippen LogP contribution in [0.3, 0.4) is 0 Å². The molecule has 4 heteroatoms. The third-order valence-corrected chi connectivity index (χ3v) is 0. The van der Waals surface area contributed by atoms with Gasteiger partial charge in [-0.05, 0) is 0 Å². The minimum absolute atomic E-state index is 0. The number of rotatable bonds is 0. The van der Waals surface area contributed by atoms with E-state index in [1.807, 2.05) is 4.91 Å². The van der Waals surface area contributed by atoms with Crippen molar-refractivity contribution in [3.8, 4) is 0 Å². The molecule has 4 heavy (non-hydrogen) atoms. The summed E-state index contributed by atoms with van der Waals surface area (Å²) in [6.07, 6.45) is 0. The number of hydrogen-bond donors (Lipinski definition) is 2. The molecule has 0 unspecified atom stereocenters. The summed E-state index contributed by atoms with van der Waals surface area (Å²) < 4.78 is 0. The van der Waals surface area contributed by atoms with Crippen LogP contribution < -0.4 is 4.91 Å². The fourth-order valence-corrected chi connectivity index (χ4v) is 0. The molecule has 0 atom stereocenters. The maximum atomic E-state index is 5.50. The Morgan fingerprint density at radius 2 is 1.25 bits per heavy atom. The Labute approximate surface area is 43.6 Å². The van der Waals surface area contributed by atoms with E-state index in [2.05, 4.69) is 0 Å². The van der Waals surface area contributed by atoms with Crippen LogP contribution in [0.4, 0.5) is 0 Å². The molecule has 0 bridgehead atoms. The van der Waals surface area contributed by atoms with E-state index in [0.717, 1.165) is 0 Å². The van der Waals surface area contributed by atoms with Crippen molar-refractivity contribution >= 4 is 0 Å². The van der Waals surface area contributed by atoms with Crippen LogP contribution in [0.25, 0.3) is 0 Å². The Bertz CT molecular complexity index is 24.3. The molecular weight excluding hydrogens is 154 g/mol. The van der Waals surface area contributed by atoms with Gasteiger partial charge in [0.15, 0.2) is 0 Å². The summed E-state index contributed by atoms with van der Waals surface area (Å²) in [6.45, 7) is 0. The fourth-order valence-electron chi connectivity index (χ4n) is 0. The Hall–Kier alpha value is 0.232. The average molecular weight is 156 g/mol. The van der Waals surface area contributed by atoms with Crippen molar-refractivity contribution in [2.45, 2.75) is 0 Å². The van der Waals surface area contributed by atoms with Gasteiger partial charge < -0.3 is 0 Å². The van der Waals surface area contributed by atoms with Crippen LogP contribution in [-0.4, -0.2) is 0 Å². The second kappa shape index (κ2) is 10.6. The molecule has 0 fully saturated rings. The molecule has 0 aromatic carbocycles. The smallest absolute Gasteiger partial charge is 0 e. The van der Waals surface area contributed by atoms with Gasteiger partial charge in [0, 0.05) is 27.3 Å². The van der Waals surface area contributed by atoms with E-state index in [1.165, 1.54) is 0 Å². The second-order valence-corrected chi connectivity index (χ2v) is 0.112. The average Bonchev–Trinajstić information content (AvgIpc) is 0.918. The van der Waals surface area contributed by atoms with Crippen molar-refractivity contribution in [1.29, 1.82) is 11.1 Å². The molecule has 0 rings (SSSR count). The number of nitrogens with zero attached hydrogens (tertiary/aromatic N) is 1. The quantitative estimate of drug-likeness (QED) is 0.284. The fraction of sp³-hybridized carbons (Fsp3) is 0. The summed E-state index contributed by atoms with van der Waals surface area (Å²) in [5, 5.41) is 0. The molecule has 0 aromatic rings. The summed E-state index contributed by atoms with van der Waals surface area (Å²) in [7, 11) is 0. The van der Waals surface area contributed by atoms with Gasteiger partial charge in [0.25, 0.3) is 0 Å². The summed E-state index contributed by atoms with van der Waals surface area (Å²) in [6, 6.07) is 0. The van der Waals surface area contributed by atoms with E-state index >= 15 is 0 Å². The molecule has 0 aliphatic carbocycles. The van der Waals surface area contributed by atoms with E-state index in [-0.39, 0.29) is 27.3 Å². The molecule has 0 saturated carbocycles. The zero-order valence-electron chi connectivity index (χ0n) is 2.15. The van der Waals surface area contributed by atoms with Crippen LogP contribution >= 0.6 is 0 Å². The van der Waals surface area contributed by atoms with Gasteiger partial charge in [0.2, 0.25) is 4.91 Å². The molecule has 2 N–H and O–H groups in total. The van der Waals surface area contributed by atoms with Crippen LogP contribution in [0.1, 0.15) is 0 Å². The topological polar surface area (TPSA) is 61.8 Å². The molecule has 0 spiro atoms. The van der Waals surface area contributed by atoms with Gasteiger partial charge in [-0.15, -0.1) is 0 Å². The zero-order chi connectivity index (χ0) is 2.71. The first-order valence-electron chi connectivity index (χ1n) is 0.447. The van der Waals surface area contributed by atoms with Crippen LogP contribution in [0.15, 0.2) is 0 Å². The van der Waals surface area contributed by atoms with Crippen molar-refractivity contribution in [3.63, 3.8) is 0 Å². The van der Waals surface area contributed by atoms with Crippen molar-refractivity contribution in [3.05, 3.63) is 0 Å². The molecule has 0 saturated heterocycles. The first kappa shape index (κ1) is 8.87. The zero-order valence-corrected chi connectivity index (χ0v) is 6.19. The summed E-state index contributed by atoms with van der Waals surface area (Å²) in [5.41, 5.74) is 11.0. The molecule has 0 aromatic heterocycles. The van der Waals surface area contributed by atoms with Crippen LogP contribution in [-0.2, 0) is 27.3 Å². The third-order valence-electron chi connectivity index (χ3n) is 0. The molecule has 0 aliphatic heterocycles. The minimum atomic E-state index is 0. The SMILES string of the molecule is N=[N+]=N.[Cd]. The summed E-state index contributed by atoms with van der Waals surface area (Å²) in [5.74, 6) is 0. The van der Waals surface area contributed by atoms with Crippen LogP contribution in [0.2, 0.25) is 0 Å². The second-order valence-electron chi connectivity index (χ2n) is 0.112. The van der Waals surface area contributed by atoms with Gasteiger partial charge in [-0.3, -0.25) is 0 Å². The monoisotopic (exact) mass is 158 g/mol. The van der Waals surface area contributed by atoms with Gasteiger partial charge in [0.1, 0.15) is 11.1 Å². The predicted molar refractivity (Wildman–Crippen MR) is 7.57 cm³/mol. The molecule has 0 aliphatic rings. The maximum Gasteiger partial charge on any atom is 0.211 e. The Morgan fingerprint density at radius 1 is 1.25 bits per heavy atom. The molecule has 0 radical (unpaired) electrons. The first-order chi connectivity index (χ1) is 1.41. The summed E-state index contributed by atoms with van der Waals surface area (Å²) >= 11 is 0. The van der Waals surface area contributed by atoms with Crippen molar-refractivity contribution in [2.24, 2.45) is 0 Å². The standard InChI is InChI=1S/Cd.H2N3/c;1-3-2/h;1-2H/q;+1. The van der Waals surface area contributed by atoms with Crippen LogP contribution in [0, 0.1) is 11.1 Å². The Balaban J connectivity index is 0. The van der Waals surface area contributed by atoms with Crippen molar-refractivity contribution in [2.75, 3.05) is 0 Å². The van der Waals surface area contributed by atoms with Gasteiger partial charge in [-0.2, -0.15) is 0 Å². The van der Waals surface area contributed by atoms with Gasteiger partial charge in [0.05, 0.1) is 0 Å². The van der Waals surface area contributed by atoms with E-state index in [1.54, 1.807) is 0 Å². The Kier molecular flexibility index (Phi) is 23.5. The molecule has 0 heterocycles. The molecule has 18 valence electrons. The number of hydrogen-bond acceptors (Lipinski definition) is 2. The van der Waals surface area contributed by atoms with E-state index in [9.17, 15) is 0 Å². The predicted octanol–water partition coefficient (Wildman–Crippen LogP) is 0.113. The first-order valence-corrected chi connectivity index (χ1v) is 0.447. The van der Waals surface area contributed by atoms with E-state index in [0.29, 0.717) is 0 Å². The van der Waals surface area contributed by atoms with Gasteiger partial charge in [-0.25, -0.2) is 0 Å². The van der Waals surface area contributed by atoms with E-state index in [4.69, 9.17) is 11.1 Å². The van der Waals surface area contributed by atoms with Crippen LogP contribution in [0.5, 0.6) is 0 Å².